The molecule has 4 nitrogen and oxygen atoms in total. The Morgan fingerprint density at radius 1 is 1.50 bits per heavy atom. The minimum atomic E-state index is -0.372. The van der Waals surface area contributed by atoms with Gasteiger partial charge < -0.3 is 5.32 Å². The lowest BCUT2D eigenvalue weighted by Crippen LogP contribution is -2.00. The van der Waals surface area contributed by atoms with Gasteiger partial charge in [-0.2, -0.15) is 11.3 Å². The SMILES string of the molecule is Cc1cc(NCc2ccsc2)c(Br)cc1[N+](=O)[O-]. The second kappa shape index (κ2) is 5.49. The van der Waals surface area contributed by atoms with Crippen LogP contribution in [0.1, 0.15) is 11.1 Å². The zero-order valence-electron chi connectivity index (χ0n) is 9.64. The molecule has 0 atom stereocenters. The van der Waals surface area contributed by atoms with Gasteiger partial charge in [-0.15, -0.1) is 0 Å². The summed E-state index contributed by atoms with van der Waals surface area (Å²) in [5, 5.41) is 18.1. The molecule has 0 aliphatic carbocycles. The number of nitro groups is 1. The number of nitrogens with one attached hydrogen (secondary N) is 1. The second-order valence-electron chi connectivity index (χ2n) is 3.86. The van der Waals surface area contributed by atoms with Crippen LogP contribution in [0.15, 0.2) is 33.4 Å². The van der Waals surface area contributed by atoms with Crippen LogP contribution in [-0.2, 0) is 6.54 Å². The van der Waals surface area contributed by atoms with Gasteiger partial charge in [-0.3, -0.25) is 10.1 Å². The van der Waals surface area contributed by atoms with Crippen molar-refractivity contribution in [3.05, 3.63) is 54.7 Å². The quantitative estimate of drug-likeness (QED) is 0.671. The number of thiophene rings is 1. The molecule has 2 aromatic rings. The van der Waals surface area contributed by atoms with Crippen molar-refractivity contribution in [1.82, 2.24) is 0 Å². The summed E-state index contributed by atoms with van der Waals surface area (Å²) < 4.78 is 0.704. The molecule has 0 radical (unpaired) electrons. The smallest absolute Gasteiger partial charge is 0.273 e. The normalized spacial score (nSPS) is 10.3. The largest absolute Gasteiger partial charge is 0.380 e. The number of benzene rings is 1. The molecule has 0 bridgehead atoms. The Balaban J connectivity index is 2.19. The molecule has 0 unspecified atom stereocenters. The molecule has 0 saturated carbocycles. The third kappa shape index (κ3) is 2.88. The molecule has 1 aromatic carbocycles. The van der Waals surface area contributed by atoms with Crippen LogP contribution in [0.3, 0.4) is 0 Å². The van der Waals surface area contributed by atoms with Crippen molar-refractivity contribution in [3.8, 4) is 0 Å². The molecule has 94 valence electrons. The van der Waals surface area contributed by atoms with Crippen LogP contribution in [-0.4, -0.2) is 4.92 Å². The Morgan fingerprint density at radius 2 is 2.28 bits per heavy atom. The van der Waals surface area contributed by atoms with E-state index in [1.165, 1.54) is 11.6 Å². The zero-order chi connectivity index (χ0) is 13.1. The van der Waals surface area contributed by atoms with E-state index < -0.39 is 0 Å². The van der Waals surface area contributed by atoms with Crippen LogP contribution in [0.5, 0.6) is 0 Å². The number of halogens is 1. The van der Waals surface area contributed by atoms with Gasteiger partial charge in [0.1, 0.15) is 0 Å². The van der Waals surface area contributed by atoms with Gasteiger partial charge in [0.25, 0.3) is 5.69 Å². The summed E-state index contributed by atoms with van der Waals surface area (Å²) in [6, 6.07) is 5.36. The average Bonchev–Trinajstić information content (AvgIpc) is 2.82. The number of aryl methyl sites for hydroxylation is 1. The van der Waals surface area contributed by atoms with Gasteiger partial charge in [0.15, 0.2) is 0 Å². The molecule has 0 aliphatic heterocycles. The van der Waals surface area contributed by atoms with Crippen LogP contribution in [0.4, 0.5) is 11.4 Å². The first-order chi connectivity index (χ1) is 8.58. The van der Waals surface area contributed by atoms with Gasteiger partial charge in [-0.1, -0.05) is 0 Å². The number of hydrogen-bond acceptors (Lipinski definition) is 4. The van der Waals surface area contributed by atoms with E-state index in [9.17, 15) is 10.1 Å². The predicted molar refractivity (Wildman–Crippen MR) is 77.2 cm³/mol. The van der Waals surface area contributed by atoms with E-state index in [4.69, 9.17) is 0 Å². The van der Waals surface area contributed by atoms with Gasteiger partial charge in [-0.05, 0) is 51.3 Å². The lowest BCUT2D eigenvalue weighted by atomic mass is 10.2. The molecule has 0 spiro atoms. The van der Waals surface area contributed by atoms with Crippen molar-refractivity contribution in [1.29, 1.82) is 0 Å². The molecule has 18 heavy (non-hydrogen) atoms. The number of hydrogen-bond donors (Lipinski definition) is 1. The molecule has 2 rings (SSSR count). The predicted octanol–water partition coefficient (Wildman–Crippen LogP) is 4.34. The van der Waals surface area contributed by atoms with Crippen LogP contribution in [0.2, 0.25) is 0 Å². The fraction of sp³-hybridized carbons (Fsp3) is 0.167. The van der Waals surface area contributed by atoms with Crippen molar-refractivity contribution in [2.45, 2.75) is 13.5 Å². The highest BCUT2D eigenvalue weighted by atomic mass is 79.9. The number of nitro benzene ring substituents is 1. The minimum Gasteiger partial charge on any atom is -0.380 e. The first kappa shape index (κ1) is 13.0. The summed E-state index contributed by atoms with van der Waals surface area (Å²) in [4.78, 5) is 10.4. The van der Waals surface area contributed by atoms with Crippen molar-refractivity contribution >= 4 is 38.6 Å². The van der Waals surface area contributed by atoms with E-state index in [0.717, 1.165) is 5.69 Å². The fourth-order valence-electron chi connectivity index (χ4n) is 1.59. The molecule has 0 fully saturated rings. The first-order valence-corrected chi connectivity index (χ1v) is 7.01. The standard InChI is InChI=1S/C12H11BrN2O2S/c1-8-4-11(10(13)5-12(8)15(16)17)14-6-9-2-3-18-7-9/h2-5,7,14H,6H2,1H3. The highest BCUT2D eigenvalue weighted by Crippen LogP contribution is 2.30. The van der Waals surface area contributed by atoms with Crippen molar-refractivity contribution in [2.24, 2.45) is 0 Å². The number of anilines is 1. The Labute approximate surface area is 117 Å². The molecule has 1 heterocycles. The molecule has 0 aliphatic rings. The van der Waals surface area contributed by atoms with Crippen molar-refractivity contribution in [3.63, 3.8) is 0 Å². The first-order valence-electron chi connectivity index (χ1n) is 5.27. The monoisotopic (exact) mass is 326 g/mol. The third-order valence-corrected chi connectivity index (χ3v) is 3.93. The van der Waals surface area contributed by atoms with Crippen LogP contribution < -0.4 is 5.32 Å². The molecular formula is C12H11BrN2O2S. The molecule has 1 N–H and O–H groups in total. The van der Waals surface area contributed by atoms with E-state index in [1.54, 1.807) is 24.3 Å². The molecule has 0 saturated heterocycles. The molecular weight excluding hydrogens is 316 g/mol. The van der Waals surface area contributed by atoms with Gasteiger partial charge in [0.05, 0.1) is 4.92 Å². The maximum absolute atomic E-state index is 10.8. The van der Waals surface area contributed by atoms with Gasteiger partial charge in [0.2, 0.25) is 0 Å². The Bertz CT molecular complexity index is 570. The summed E-state index contributed by atoms with van der Waals surface area (Å²) >= 11 is 5.00. The summed E-state index contributed by atoms with van der Waals surface area (Å²) in [5.74, 6) is 0. The summed E-state index contributed by atoms with van der Waals surface area (Å²) in [6.07, 6.45) is 0. The fourth-order valence-corrected chi connectivity index (χ4v) is 2.73. The van der Waals surface area contributed by atoms with Crippen LogP contribution in [0, 0.1) is 17.0 Å². The Hall–Kier alpha value is -1.40. The Kier molecular flexibility index (Phi) is 3.98. The zero-order valence-corrected chi connectivity index (χ0v) is 12.0. The van der Waals surface area contributed by atoms with Crippen molar-refractivity contribution < 1.29 is 4.92 Å². The molecule has 1 aromatic heterocycles. The topological polar surface area (TPSA) is 55.2 Å². The maximum atomic E-state index is 10.8. The number of nitrogens with zero attached hydrogens (tertiary/aromatic N) is 1. The summed E-state index contributed by atoms with van der Waals surface area (Å²) in [5.41, 5.74) is 2.84. The van der Waals surface area contributed by atoms with Crippen LogP contribution in [0.25, 0.3) is 0 Å². The maximum Gasteiger partial charge on any atom is 0.273 e. The van der Waals surface area contributed by atoms with E-state index in [2.05, 4.69) is 26.6 Å². The highest BCUT2D eigenvalue weighted by molar-refractivity contribution is 9.10. The summed E-state index contributed by atoms with van der Waals surface area (Å²) in [7, 11) is 0. The summed E-state index contributed by atoms with van der Waals surface area (Å²) in [6.45, 7) is 2.44. The minimum absolute atomic E-state index is 0.128. The van der Waals surface area contributed by atoms with Crippen molar-refractivity contribution in [2.75, 3.05) is 5.32 Å². The lowest BCUT2D eigenvalue weighted by molar-refractivity contribution is -0.385. The Morgan fingerprint density at radius 3 is 2.89 bits per heavy atom. The van der Waals surface area contributed by atoms with Gasteiger partial charge >= 0.3 is 0 Å². The highest BCUT2D eigenvalue weighted by Gasteiger charge is 2.13. The van der Waals surface area contributed by atoms with E-state index in [1.807, 2.05) is 11.4 Å². The van der Waals surface area contributed by atoms with E-state index in [0.29, 0.717) is 16.6 Å². The third-order valence-electron chi connectivity index (χ3n) is 2.55. The van der Waals surface area contributed by atoms with Crippen LogP contribution >= 0.6 is 27.3 Å². The second-order valence-corrected chi connectivity index (χ2v) is 5.50. The average molecular weight is 327 g/mol. The molecule has 0 amide bonds. The number of rotatable bonds is 4. The van der Waals surface area contributed by atoms with Gasteiger partial charge in [0, 0.05) is 28.3 Å². The lowest BCUT2D eigenvalue weighted by Gasteiger charge is -2.09. The van der Waals surface area contributed by atoms with Gasteiger partial charge in [-0.25, -0.2) is 0 Å². The van der Waals surface area contributed by atoms with E-state index in [-0.39, 0.29) is 10.6 Å². The molecule has 6 heteroatoms. The van der Waals surface area contributed by atoms with E-state index >= 15 is 0 Å².